The summed E-state index contributed by atoms with van der Waals surface area (Å²) in [5.74, 6) is 1.57. The molecule has 2 nitrogen and oxygen atoms in total. The molecule has 2 heteroatoms. The Labute approximate surface area is 124 Å². The van der Waals surface area contributed by atoms with Gasteiger partial charge in [-0.05, 0) is 56.2 Å². The molecule has 0 bridgehead atoms. The summed E-state index contributed by atoms with van der Waals surface area (Å²) in [5.41, 5.74) is 7.71. The van der Waals surface area contributed by atoms with Gasteiger partial charge in [-0.3, -0.25) is 0 Å². The molecule has 1 fully saturated rings. The SMILES string of the molecule is CC(C)C[C@H](N)CN1CCC(Cc2ccccc2)CC1. The van der Waals surface area contributed by atoms with Gasteiger partial charge in [0.25, 0.3) is 0 Å². The third-order valence-corrected chi connectivity index (χ3v) is 4.34. The van der Waals surface area contributed by atoms with Gasteiger partial charge in [-0.25, -0.2) is 0 Å². The summed E-state index contributed by atoms with van der Waals surface area (Å²) in [7, 11) is 0. The standard InChI is InChI=1S/C18H30N2/c1-15(2)12-18(19)14-20-10-8-17(9-11-20)13-16-6-4-3-5-7-16/h3-7,15,17-18H,8-14,19H2,1-2H3/t18-/m0/s1. The second kappa shape index (κ2) is 7.80. The van der Waals surface area contributed by atoms with Crippen LogP contribution >= 0.6 is 0 Å². The summed E-state index contributed by atoms with van der Waals surface area (Å²) in [6, 6.07) is 11.3. The van der Waals surface area contributed by atoms with E-state index in [4.69, 9.17) is 5.73 Å². The summed E-state index contributed by atoms with van der Waals surface area (Å²) < 4.78 is 0. The first kappa shape index (κ1) is 15.5. The zero-order valence-electron chi connectivity index (χ0n) is 13.1. The lowest BCUT2D eigenvalue weighted by Crippen LogP contribution is -2.42. The molecule has 1 heterocycles. The number of benzene rings is 1. The van der Waals surface area contributed by atoms with E-state index in [-0.39, 0.29) is 0 Å². The van der Waals surface area contributed by atoms with E-state index in [1.165, 1.54) is 37.9 Å². The van der Waals surface area contributed by atoms with Gasteiger partial charge in [0.15, 0.2) is 0 Å². The Bertz CT molecular complexity index is 366. The van der Waals surface area contributed by atoms with Gasteiger partial charge in [0.2, 0.25) is 0 Å². The van der Waals surface area contributed by atoms with E-state index in [2.05, 4.69) is 49.1 Å². The summed E-state index contributed by atoms with van der Waals surface area (Å²) in [6.45, 7) is 8.04. The summed E-state index contributed by atoms with van der Waals surface area (Å²) in [5, 5.41) is 0. The molecular formula is C18H30N2. The van der Waals surface area contributed by atoms with Crippen LogP contribution in [0.4, 0.5) is 0 Å². The minimum absolute atomic E-state index is 0.348. The molecule has 1 saturated heterocycles. The molecule has 1 aromatic rings. The Kier molecular flexibility index (Phi) is 6.06. The summed E-state index contributed by atoms with van der Waals surface area (Å²) in [6.07, 6.45) is 5.03. The van der Waals surface area contributed by atoms with E-state index in [1.54, 1.807) is 0 Å². The minimum Gasteiger partial charge on any atom is -0.327 e. The second-order valence-electron chi connectivity index (χ2n) is 6.82. The summed E-state index contributed by atoms with van der Waals surface area (Å²) >= 11 is 0. The molecule has 1 aromatic carbocycles. The van der Waals surface area contributed by atoms with Gasteiger partial charge < -0.3 is 10.6 Å². The smallest absolute Gasteiger partial charge is 0.0170 e. The first-order valence-electron chi connectivity index (χ1n) is 8.15. The number of rotatable bonds is 6. The number of hydrogen-bond donors (Lipinski definition) is 1. The van der Waals surface area contributed by atoms with Crippen molar-refractivity contribution >= 4 is 0 Å². The molecule has 1 aliphatic rings. The van der Waals surface area contributed by atoms with Crippen molar-refractivity contribution < 1.29 is 0 Å². The van der Waals surface area contributed by atoms with Crippen molar-refractivity contribution in [3.63, 3.8) is 0 Å². The lowest BCUT2D eigenvalue weighted by Gasteiger charge is -2.33. The zero-order valence-corrected chi connectivity index (χ0v) is 13.1. The van der Waals surface area contributed by atoms with Crippen LogP contribution in [0.5, 0.6) is 0 Å². The van der Waals surface area contributed by atoms with Gasteiger partial charge in [0.05, 0.1) is 0 Å². The van der Waals surface area contributed by atoms with E-state index in [0.29, 0.717) is 12.0 Å². The molecule has 0 saturated carbocycles. The lowest BCUT2D eigenvalue weighted by molar-refractivity contribution is 0.170. The van der Waals surface area contributed by atoms with Crippen molar-refractivity contribution in [1.82, 2.24) is 4.90 Å². The highest BCUT2D eigenvalue weighted by atomic mass is 15.1. The highest BCUT2D eigenvalue weighted by Gasteiger charge is 2.20. The molecule has 112 valence electrons. The van der Waals surface area contributed by atoms with Crippen molar-refractivity contribution in [2.45, 2.75) is 45.6 Å². The van der Waals surface area contributed by atoms with Crippen molar-refractivity contribution in [3.8, 4) is 0 Å². The average Bonchev–Trinajstić information content (AvgIpc) is 2.41. The van der Waals surface area contributed by atoms with Crippen molar-refractivity contribution in [3.05, 3.63) is 35.9 Å². The predicted octanol–water partition coefficient (Wildman–Crippen LogP) is 3.31. The maximum absolute atomic E-state index is 6.22. The largest absolute Gasteiger partial charge is 0.327 e. The zero-order chi connectivity index (χ0) is 14.4. The number of hydrogen-bond acceptors (Lipinski definition) is 2. The topological polar surface area (TPSA) is 29.3 Å². The monoisotopic (exact) mass is 274 g/mol. The Morgan fingerprint density at radius 2 is 1.80 bits per heavy atom. The normalized spacial score (nSPS) is 19.4. The lowest BCUT2D eigenvalue weighted by atomic mass is 9.90. The number of piperidine rings is 1. The quantitative estimate of drug-likeness (QED) is 0.862. The molecule has 2 N–H and O–H groups in total. The maximum atomic E-state index is 6.22. The molecule has 0 unspecified atom stereocenters. The van der Waals surface area contributed by atoms with Crippen LogP contribution in [0.1, 0.15) is 38.7 Å². The number of nitrogens with two attached hydrogens (primary N) is 1. The molecule has 0 spiro atoms. The fourth-order valence-electron chi connectivity index (χ4n) is 3.33. The molecule has 0 amide bonds. The van der Waals surface area contributed by atoms with Crippen LogP contribution in [0.15, 0.2) is 30.3 Å². The van der Waals surface area contributed by atoms with Crippen molar-refractivity contribution in [2.75, 3.05) is 19.6 Å². The molecule has 2 rings (SSSR count). The van der Waals surface area contributed by atoms with Crippen LogP contribution in [0, 0.1) is 11.8 Å². The van der Waals surface area contributed by atoms with Crippen molar-refractivity contribution in [1.29, 1.82) is 0 Å². The highest BCUT2D eigenvalue weighted by Crippen LogP contribution is 2.22. The highest BCUT2D eigenvalue weighted by molar-refractivity contribution is 5.15. The van der Waals surface area contributed by atoms with Crippen molar-refractivity contribution in [2.24, 2.45) is 17.6 Å². The van der Waals surface area contributed by atoms with E-state index in [1.807, 2.05) is 0 Å². The molecule has 1 atom stereocenters. The van der Waals surface area contributed by atoms with Crippen LogP contribution in [0.2, 0.25) is 0 Å². The fourth-order valence-corrected chi connectivity index (χ4v) is 3.33. The predicted molar refractivity (Wildman–Crippen MR) is 86.7 cm³/mol. The number of likely N-dealkylation sites (tertiary alicyclic amines) is 1. The molecule has 0 aliphatic carbocycles. The average molecular weight is 274 g/mol. The number of nitrogens with zero attached hydrogens (tertiary/aromatic N) is 1. The minimum atomic E-state index is 0.348. The third kappa shape index (κ3) is 5.26. The Morgan fingerprint density at radius 3 is 2.40 bits per heavy atom. The third-order valence-electron chi connectivity index (χ3n) is 4.34. The van der Waals surface area contributed by atoms with Crippen LogP contribution in [-0.4, -0.2) is 30.6 Å². The first-order valence-corrected chi connectivity index (χ1v) is 8.15. The molecule has 0 radical (unpaired) electrons. The van der Waals surface area contributed by atoms with E-state index in [9.17, 15) is 0 Å². The maximum Gasteiger partial charge on any atom is 0.0170 e. The van der Waals surface area contributed by atoms with Gasteiger partial charge >= 0.3 is 0 Å². The fraction of sp³-hybridized carbons (Fsp3) is 0.667. The van der Waals surface area contributed by atoms with Gasteiger partial charge in [-0.15, -0.1) is 0 Å². The first-order chi connectivity index (χ1) is 9.63. The van der Waals surface area contributed by atoms with E-state index >= 15 is 0 Å². The van der Waals surface area contributed by atoms with E-state index in [0.717, 1.165) is 18.9 Å². The van der Waals surface area contributed by atoms with Gasteiger partial charge in [-0.1, -0.05) is 44.2 Å². The van der Waals surface area contributed by atoms with Crippen LogP contribution in [-0.2, 0) is 6.42 Å². The van der Waals surface area contributed by atoms with Crippen LogP contribution < -0.4 is 5.73 Å². The Balaban J connectivity index is 1.70. The molecule has 20 heavy (non-hydrogen) atoms. The van der Waals surface area contributed by atoms with Gasteiger partial charge in [0, 0.05) is 12.6 Å². The van der Waals surface area contributed by atoms with Crippen LogP contribution in [0.25, 0.3) is 0 Å². The second-order valence-corrected chi connectivity index (χ2v) is 6.82. The molecule has 0 aromatic heterocycles. The van der Waals surface area contributed by atoms with E-state index < -0.39 is 0 Å². The van der Waals surface area contributed by atoms with Gasteiger partial charge in [-0.2, -0.15) is 0 Å². The Morgan fingerprint density at radius 1 is 1.15 bits per heavy atom. The molecular weight excluding hydrogens is 244 g/mol. The summed E-state index contributed by atoms with van der Waals surface area (Å²) in [4.78, 5) is 2.56. The Hall–Kier alpha value is -0.860. The van der Waals surface area contributed by atoms with Gasteiger partial charge in [0.1, 0.15) is 0 Å². The molecule has 1 aliphatic heterocycles. The van der Waals surface area contributed by atoms with Crippen LogP contribution in [0.3, 0.4) is 0 Å².